The van der Waals surface area contributed by atoms with Gasteiger partial charge < -0.3 is 5.32 Å². The zero-order valence-corrected chi connectivity index (χ0v) is 14.3. The molecule has 2 saturated carbocycles. The van der Waals surface area contributed by atoms with Crippen LogP contribution < -0.4 is 5.32 Å². The average molecular weight is 293 g/mol. The van der Waals surface area contributed by atoms with Crippen LogP contribution in [0.4, 0.5) is 0 Å². The highest BCUT2D eigenvalue weighted by atomic mass is 15.2. The monoisotopic (exact) mass is 292 g/mol. The summed E-state index contributed by atoms with van der Waals surface area (Å²) in [6.07, 6.45) is 13.1. The molecular formula is C19H36N2. The van der Waals surface area contributed by atoms with Crippen LogP contribution in [0, 0.1) is 17.8 Å². The van der Waals surface area contributed by atoms with Crippen molar-refractivity contribution >= 4 is 0 Å². The van der Waals surface area contributed by atoms with Crippen LogP contribution in [-0.4, -0.2) is 36.6 Å². The van der Waals surface area contributed by atoms with Crippen molar-refractivity contribution in [1.82, 2.24) is 10.2 Å². The number of nitrogens with one attached hydrogen (secondary N) is 1. The van der Waals surface area contributed by atoms with Crippen molar-refractivity contribution in [2.24, 2.45) is 17.8 Å². The minimum atomic E-state index is 0.753. The number of likely N-dealkylation sites (tertiary alicyclic amines) is 1. The van der Waals surface area contributed by atoms with Gasteiger partial charge >= 0.3 is 0 Å². The van der Waals surface area contributed by atoms with Crippen LogP contribution >= 0.6 is 0 Å². The van der Waals surface area contributed by atoms with E-state index in [-0.39, 0.29) is 0 Å². The van der Waals surface area contributed by atoms with E-state index in [1.54, 1.807) is 0 Å². The quantitative estimate of drug-likeness (QED) is 0.794. The molecule has 3 rings (SSSR count). The van der Waals surface area contributed by atoms with E-state index >= 15 is 0 Å². The smallest absolute Gasteiger partial charge is 0.0198 e. The third kappa shape index (κ3) is 4.01. The molecular weight excluding hydrogens is 256 g/mol. The van der Waals surface area contributed by atoms with E-state index in [1.807, 2.05) is 0 Å². The first-order valence-electron chi connectivity index (χ1n) is 9.73. The second kappa shape index (κ2) is 7.46. The maximum absolute atomic E-state index is 3.94. The molecule has 0 amide bonds. The van der Waals surface area contributed by atoms with Gasteiger partial charge in [-0.15, -0.1) is 0 Å². The van der Waals surface area contributed by atoms with Gasteiger partial charge in [-0.2, -0.15) is 0 Å². The van der Waals surface area contributed by atoms with E-state index < -0.39 is 0 Å². The van der Waals surface area contributed by atoms with Gasteiger partial charge in [-0.1, -0.05) is 33.1 Å². The van der Waals surface area contributed by atoms with Crippen molar-refractivity contribution in [3.63, 3.8) is 0 Å². The third-order valence-electron chi connectivity index (χ3n) is 6.44. The highest BCUT2D eigenvalue weighted by molar-refractivity contribution is 4.90. The number of rotatable bonds is 6. The molecule has 1 aliphatic heterocycles. The SMILES string of the molecule is CCC(C1CCC1)N1CC(C)CC(NCC2CCCC2)C1. The largest absolute Gasteiger partial charge is 0.312 e. The molecule has 2 heteroatoms. The predicted molar refractivity (Wildman–Crippen MR) is 90.5 cm³/mol. The maximum Gasteiger partial charge on any atom is 0.0198 e. The highest BCUT2D eigenvalue weighted by Crippen LogP contribution is 2.35. The summed E-state index contributed by atoms with van der Waals surface area (Å²) < 4.78 is 0. The van der Waals surface area contributed by atoms with Gasteiger partial charge in [-0.05, 0) is 62.8 Å². The fourth-order valence-electron chi connectivity index (χ4n) is 5.07. The number of hydrogen-bond donors (Lipinski definition) is 1. The summed E-state index contributed by atoms with van der Waals surface area (Å²) in [7, 11) is 0. The molecule has 0 aromatic heterocycles. The summed E-state index contributed by atoms with van der Waals surface area (Å²) in [5.74, 6) is 2.86. The number of hydrogen-bond acceptors (Lipinski definition) is 2. The fraction of sp³-hybridized carbons (Fsp3) is 1.00. The van der Waals surface area contributed by atoms with Gasteiger partial charge in [0.15, 0.2) is 0 Å². The number of piperidine rings is 1. The Balaban J connectivity index is 1.50. The molecule has 3 unspecified atom stereocenters. The summed E-state index contributed by atoms with van der Waals surface area (Å²) in [6, 6.07) is 1.63. The molecule has 1 saturated heterocycles. The Bertz CT molecular complexity index is 307. The minimum absolute atomic E-state index is 0.753. The van der Waals surface area contributed by atoms with E-state index in [0.717, 1.165) is 29.8 Å². The van der Waals surface area contributed by atoms with Crippen LogP contribution in [0.1, 0.15) is 71.6 Å². The minimum Gasteiger partial charge on any atom is -0.312 e. The first-order valence-corrected chi connectivity index (χ1v) is 9.73. The topological polar surface area (TPSA) is 15.3 Å². The van der Waals surface area contributed by atoms with Gasteiger partial charge in [0.2, 0.25) is 0 Å². The Hall–Kier alpha value is -0.0800. The lowest BCUT2D eigenvalue weighted by Gasteiger charge is -2.46. The summed E-state index contributed by atoms with van der Waals surface area (Å²) >= 11 is 0. The summed E-state index contributed by atoms with van der Waals surface area (Å²) in [4.78, 5) is 2.85. The van der Waals surface area contributed by atoms with Crippen LogP contribution in [-0.2, 0) is 0 Å². The van der Waals surface area contributed by atoms with Gasteiger partial charge in [-0.3, -0.25) is 4.90 Å². The molecule has 21 heavy (non-hydrogen) atoms. The van der Waals surface area contributed by atoms with Crippen molar-refractivity contribution in [3.8, 4) is 0 Å². The van der Waals surface area contributed by atoms with Gasteiger partial charge in [-0.25, -0.2) is 0 Å². The zero-order valence-electron chi connectivity index (χ0n) is 14.3. The average Bonchev–Trinajstić information content (AvgIpc) is 2.93. The molecule has 2 aliphatic carbocycles. The Morgan fingerprint density at radius 2 is 1.81 bits per heavy atom. The van der Waals surface area contributed by atoms with Crippen LogP contribution in [0.15, 0.2) is 0 Å². The molecule has 0 aromatic carbocycles. The molecule has 0 aromatic rings. The van der Waals surface area contributed by atoms with E-state index in [9.17, 15) is 0 Å². The van der Waals surface area contributed by atoms with E-state index in [2.05, 4.69) is 24.1 Å². The van der Waals surface area contributed by atoms with E-state index in [1.165, 1.54) is 77.4 Å². The lowest BCUT2D eigenvalue weighted by molar-refractivity contribution is 0.0433. The van der Waals surface area contributed by atoms with Crippen molar-refractivity contribution in [1.29, 1.82) is 0 Å². The molecule has 0 bridgehead atoms. The van der Waals surface area contributed by atoms with Crippen molar-refractivity contribution in [3.05, 3.63) is 0 Å². The lowest BCUT2D eigenvalue weighted by Crippen LogP contribution is -2.55. The van der Waals surface area contributed by atoms with Gasteiger partial charge in [0.25, 0.3) is 0 Å². The number of nitrogens with zero attached hydrogens (tertiary/aromatic N) is 1. The molecule has 3 atom stereocenters. The maximum atomic E-state index is 3.94. The van der Waals surface area contributed by atoms with Crippen molar-refractivity contribution < 1.29 is 0 Å². The fourth-order valence-corrected chi connectivity index (χ4v) is 5.07. The van der Waals surface area contributed by atoms with Crippen molar-refractivity contribution in [2.45, 2.75) is 83.7 Å². The summed E-state index contributed by atoms with van der Waals surface area (Å²) in [6.45, 7) is 8.81. The van der Waals surface area contributed by atoms with E-state index in [0.29, 0.717) is 0 Å². The molecule has 3 fully saturated rings. The van der Waals surface area contributed by atoms with Crippen LogP contribution in [0.2, 0.25) is 0 Å². The molecule has 1 heterocycles. The molecule has 122 valence electrons. The molecule has 0 radical (unpaired) electrons. The second-order valence-electron chi connectivity index (χ2n) is 8.22. The molecule has 0 spiro atoms. The molecule has 2 nitrogen and oxygen atoms in total. The van der Waals surface area contributed by atoms with Crippen LogP contribution in [0.25, 0.3) is 0 Å². The second-order valence-corrected chi connectivity index (χ2v) is 8.22. The first kappa shape index (κ1) is 15.8. The third-order valence-corrected chi connectivity index (χ3v) is 6.44. The molecule has 1 N–H and O–H groups in total. The summed E-state index contributed by atoms with van der Waals surface area (Å²) in [5, 5.41) is 3.94. The van der Waals surface area contributed by atoms with Gasteiger partial charge in [0.05, 0.1) is 0 Å². The molecule has 3 aliphatic rings. The normalized spacial score (nSPS) is 34.0. The summed E-state index contributed by atoms with van der Waals surface area (Å²) in [5.41, 5.74) is 0. The highest BCUT2D eigenvalue weighted by Gasteiger charge is 2.35. The van der Waals surface area contributed by atoms with E-state index in [4.69, 9.17) is 0 Å². The zero-order chi connectivity index (χ0) is 14.7. The van der Waals surface area contributed by atoms with Gasteiger partial charge in [0, 0.05) is 25.2 Å². The predicted octanol–water partition coefficient (Wildman–Crippen LogP) is 4.06. The Morgan fingerprint density at radius 1 is 1.05 bits per heavy atom. The van der Waals surface area contributed by atoms with Crippen molar-refractivity contribution in [2.75, 3.05) is 19.6 Å². The Kier molecular flexibility index (Phi) is 5.61. The Morgan fingerprint density at radius 3 is 2.43 bits per heavy atom. The van der Waals surface area contributed by atoms with Crippen LogP contribution in [0.5, 0.6) is 0 Å². The van der Waals surface area contributed by atoms with Gasteiger partial charge in [0.1, 0.15) is 0 Å². The first-order chi connectivity index (χ1) is 10.3. The van der Waals surface area contributed by atoms with Crippen LogP contribution in [0.3, 0.4) is 0 Å². The lowest BCUT2D eigenvalue weighted by atomic mass is 9.77. The standard InChI is InChI=1S/C19H36N2/c1-3-19(17-9-6-10-17)21-13-15(2)11-18(14-21)20-12-16-7-4-5-8-16/h15-20H,3-14H2,1-2H3. The Labute approximate surface area is 132 Å².